The van der Waals surface area contributed by atoms with Gasteiger partial charge >= 0.3 is 0 Å². The minimum absolute atomic E-state index is 0.239. The molecule has 1 aromatic carbocycles. The first-order valence-corrected chi connectivity index (χ1v) is 9.18. The highest BCUT2D eigenvalue weighted by Gasteiger charge is 2.35. The maximum absolute atomic E-state index is 12.4. The molecule has 1 aliphatic carbocycles. The third-order valence-electron chi connectivity index (χ3n) is 5.67. The number of aryl methyl sites for hydroxylation is 2. The largest absolute Gasteiger partial charge is 0.491 e. The fourth-order valence-electron chi connectivity index (χ4n) is 3.48. The summed E-state index contributed by atoms with van der Waals surface area (Å²) in [7, 11) is 0. The van der Waals surface area contributed by atoms with Crippen LogP contribution in [0.4, 0.5) is 0 Å². The normalized spacial score (nSPS) is 25.0. The summed E-state index contributed by atoms with van der Waals surface area (Å²) in [5.74, 6) is 1.33. The summed E-state index contributed by atoms with van der Waals surface area (Å²) in [6.45, 7) is 5.84. The second-order valence-electron chi connectivity index (χ2n) is 7.57. The van der Waals surface area contributed by atoms with E-state index in [2.05, 4.69) is 13.8 Å². The van der Waals surface area contributed by atoms with Crippen molar-refractivity contribution in [3.63, 3.8) is 0 Å². The van der Waals surface area contributed by atoms with E-state index in [0.717, 1.165) is 31.6 Å². The number of hydrogen-bond acceptors (Lipinski definition) is 3. The number of amides is 1. The van der Waals surface area contributed by atoms with Gasteiger partial charge in [-0.15, -0.1) is 0 Å². The minimum atomic E-state index is -0.840. The van der Waals surface area contributed by atoms with Gasteiger partial charge in [0.25, 0.3) is 0 Å². The molecular weight excluding hydrogens is 302 g/mol. The van der Waals surface area contributed by atoms with Crippen molar-refractivity contribution < 1.29 is 14.6 Å². The molecule has 4 heteroatoms. The predicted octanol–water partition coefficient (Wildman–Crippen LogP) is 3.23. The molecule has 1 aliphatic heterocycles. The number of hydrogen-bond donors (Lipinski definition) is 1. The molecule has 2 aliphatic rings. The van der Waals surface area contributed by atoms with Gasteiger partial charge < -0.3 is 14.7 Å². The van der Waals surface area contributed by atoms with Gasteiger partial charge in [-0.1, -0.05) is 12.5 Å². The minimum Gasteiger partial charge on any atom is -0.491 e. The summed E-state index contributed by atoms with van der Waals surface area (Å²) in [5, 5.41) is 10.9. The standard InChI is InChI=1S/C20H29NO3/c1-15-7-8-18(13-16(15)2)24-14-20(23)9-4-11-21(12-10-20)19(22)17-5-3-6-17/h7-8,13,17,23H,3-6,9-12,14H2,1-2H3. The molecule has 24 heavy (non-hydrogen) atoms. The molecule has 0 spiro atoms. The number of aliphatic hydroxyl groups is 1. The first-order chi connectivity index (χ1) is 11.5. The van der Waals surface area contributed by atoms with Gasteiger partial charge in [0.2, 0.25) is 5.91 Å². The number of ether oxygens (including phenoxy) is 1. The highest BCUT2D eigenvalue weighted by Crippen LogP contribution is 2.31. The lowest BCUT2D eigenvalue weighted by molar-refractivity contribution is -0.138. The van der Waals surface area contributed by atoms with Gasteiger partial charge in [-0.05, 0) is 69.2 Å². The van der Waals surface area contributed by atoms with Gasteiger partial charge in [0, 0.05) is 19.0 Å². The lowest BCUT2D eigenvalue weighted by atomic mass is 9.84. The van der Waals surface area contributed by atoms with Crippen LogP contribution in [-0.2, 0) is 4.79 Å². The Morgan fingerprint density at radius 1 is 1.21 bits per heavy atom. The van der Waals surface area contributed by atoms with Gasteiger partial charge in [0.15, 0.2) is 0 Å². The number of rotatable bonds is 4. The Morgan fingerprint density at radius 2 is 2.00 bits per heavy atom. The van der Waals surface area contributed by atoms with E-state index >= 15 is 0 Å². The van der Waals surface area contributed by atoms with Crippen LogP contribution >= 0.6 is 0 Å². The third-order valence-corrected chi connectivity index (χ3v) is 5.67. The van der Waals surface area contributed by atoms with Gasteiger partial charge in [0.05, 0.1) is 0 Å². The van der Waals surface area contributed by atoms with E-state index in [0.29, 0.717) is 31.9 Å². The Bertz CT molecular complexity index is 597. The molecule has 1 aromatic rings. The molecule has 132 valence electrons. The first kappa shape index (κ1) is 17.3. The second-order valence-corrected chi connectivity index (χ2v) is 7.57. The predicted molar refractivity (Wildman–Crippen MR) is 94.1 cm³/mol. The zero-order valence-electron chi connectivity index (χ0n) is 14.9. The highest BCUT2D eigenvalue weighted by molar-refractivity contribution is 5.79. The van der Waals surface area contributed by atoms with Crippen molar-refractivity contribution in [1.29, 1.82) is 0 Å². The molecule has 1 N–H and O–H groups in total. The van der Waals surface area contributed by atoms with Crippen LogP contribution in [0.2, 0.25) is 0 Å². The smallest absolute Gasteiger partial charge is 0.225 e. The summed E-state index contributed by atoms with van der Waals surface area (Å²) in [4.78, 5) is 14.4. The molecule has 1 atom stereocenters. The Morgan fingerprint density at radius 3 is 2.67 bits per heavy atom. The van der Waals surface area contributed by atoms with Gasteiger partial charge in [0.1, 0.15) is 18.0 Å². The van der Waals surface area contributed by atoms with Gasteiger partial charge in [-0.2, -0.15) is 0 Å². The molecule has 4 nitrogen and oxygen atoms in total. The van der Waals surface area contributed by atoms with E-state index in [1.54, 1.807) is 0 Å². The van der Waals surface area contributed by atoms with E-state index < -0.39 is 5.60 Å². The number of carbonyl (C=O) groups is 1. The van der Waals surface area contributed by atoms with Crippen molar-refractivity contribution in [1.82, 2.24) is 4.90 Å². The summed E-state index contributed by atoms with van der Waals surface area (Å²) in [5.41, 5.74) is 1.59. The molecular formula is C20H29NO3. The Kier molecular flexibility index (Phi) is 5.14. The van der Waals surface area contributed by atoms with Crippen LogP contribution in [0.3, 0.4) is 0 Å². The first-order valence-electron chi connectivity index (χ1n) is 9.18. The third kappa shape index (κ3) is 3.92. The number of carbonyl (C=O) groups excluding carboxylic acids is 1. The van der Waals surface area contributed by atoms with Crippen molar-refractivity contribution in [3.05, 3.63) is 29.3 Å². The van der Waals surface area contributed by atoms with Gasteiger partial charge in [-0.25, -0.2) is 0 Å². The molecule has 1 unspecified atom stereocenters. The average molecular weight is 331 g/mol. The molecule has 1 heterocycles. The number of nitrogens with zero attached hydrogens (tertiary/aromatic N) is 1. The zero-order valence-corrected chi connectivity index (χ0v) is 14.9. The van der Waals surface area contributed by atoms with E-state index in [-0.39, 0.29) is 5.92 Å². The van der Waals surface area contributed by atoms with Crippen LogP contribution in [0.25, 0.3) is 0 Å². The molecule has 3 rings (SSSR count). The number of benzene rings is 1. The van der Waals surface area contributed by atoms with E-state index in [9.17, 15) is 9.90 Å². The van der Waals surface area contributed by atoms with E-state index in [4.69, 9.17) is 4.74 Å². The maximum Gasteiger partial charge on any atom is 0.225 e. The average Bonchev–Trinajstić information content (AvgIpc) is 2.69. The fraction of sp³-hybridized carbons (Fsp3) is 0.650. The molecule has 2 fully saturated rings. The van der Waals surface area contributed by atoms with Crippen molar-refractivity contribution in [2.45, 2.75) is 58.0 Å². The molecule has 0 radical (unpaired) electrons. The summed E-state index contributed by atoms with van der Waals surface area (Å²) in [6, 6.07) is 6.01. The molecule has 0 bridgehead atoms. The SMILES string of the molecule is Cc1ccc(OCC2(O)CCCN(C(=O)C3CCC3)CC2)cc1C. The molecule has 1 saturated heterocycles. The lowest BCUT2D eigenvalue weighted by Gasteiger charge is -2.31. The highest BCUT2D eigenvalue weighted by atomic mass is 16.5. The fourth-order valence-corrected chi connectivity index (χ4v) is 3.48. The Balaban J connectivity index is 1.55. The summed E-state index contributed by atoms with van der Waals surface area (Å²) >= 11 is 0. The Hall–Kier alpha value is -1.55. The van der Waals surface area contributed by atoms with Crippen LogP contribution < -0.4 is 4.74 Å². The monoisotopic (exact) mass is 331 g/mol. The van der Waals surface area contributed by atoms with Crippen molar-refractivity contribution in [2.24, 2.45) is 5.92 Å². The van der Waals surface area contributed by atoms with Crippen LogP contribution in [0.1, 0.15) is 49.7 Å². The number of likely N-dealkylation sites (tertiary alicyclic amines) is 1. The van der Waals surface area contributed by atoms with Crippen LogP contribution in [0, 0.1) is 19.8 Å². The summed E-state index contributed by atoms with van der Waals surface area (Å²) in [6.07, 6.45) is 5.37. The zero-order chi connectivity index (χ0) is 17.2. The van der Waals surface area contributed by atoms with Gasteiger partial charge in [-0.3, -0.25) is 4.79 Å². The topological polar surface area (TPSA) is 49.8 Å². The van der Waals surface area contributed by atoms with Crippen molar-refractivity contribution in [2.75, 3.05) is 19.7 Å². The second kappa shape index (κ2) is 7.14. The lowest BCUT2D eigenvalue weighted by Crippen LogP contribution is -2.41. The van der Waals surface area contributed by atoms with Crippen LogP contribution in [0.15, 0.2) is 18.2 Å². The molecule has 1 saturated carbocycles. The van der Waals surface area contributed by atoms with Crippen LogP contribution in [-0.4, -0.2) is 41.2 Å². The maximum atomic E-state index is 12.4. The van der Waals surface area contributed by atoms with Crippen molar-refractivity contribution in [3.8, 4) is 5.75 Å². The van der Waals surface area contributed by atoms with E-state index in [1.165, 1.54) is 17.5 Å². The summed E-state index contributed by atoms with van der Waals surface area (Å²) < 4.78 is 5.86. The molecule has 0 aromatic heterocycles. The van der Waals surface area contributed by atoms with E-state index in [1.807, 2.05) is 23.1 Å². The van der Waals surface area contributed by atoms with Crippen molar-refractivity contribution >= 4 is 5.91 Å². The van der Waals surface area contributed by atoms with Crippen LogP contribution in [0.5, 0.6) is 5.75 Å². The Labute approximate surface area is 144 Å². The quantitative estimate of drug-likeness (QED) is 0.921. The molecule has 1 amide bonds.